The van der Waals surface area contributed by atoms with Gasteiger partial charge in [0.2, 0.25) is 5.91 Å². The van der Waals surface area contributed by atoms with E-state index in [1.54, 1.807) is 19.2 Å². The van der Waals surface area contributed by atoms with Crippen LogP contribution in [0, 0.1) is 11.7 Å². The van der Waals surface area contributed by atoms with E-state index in [0.29, 0.717) is 24.6 Å². The lowest BCUT2D eigenvalue weighted by Gasteiger charge is -2.31. The quantitative estimate of drug-likeness (QED) is 0.157. The van der Waals surface area contributed by atoms with Crippen LogP contribution in [0.15, 0.2) is 108 Å². The van der Waals surface area contributed by atoms with Crippen LogP contribution in [0.5, 0.6) is 11.5 Å². The number of nitrogens with zero attached hydrogens (tertiary/aromatic N) is 1. The average molecular weight is 662 g/mol. The summed E-state index contributed by atoms with van der Waals surface area (Å²) in [6.45, 7) is 4.39. The largest absolute Gasteiger partial charge is 0.497 e. The van der Waals surface area contributed by atoms with Crippen molar-refractivity contribution >= 4 is 27.5 Å². The molecule has 11 heteroatoms. The van der Waals surface area contributed by atoms with Crippen molar-refractivity contribution in [3.05, 3.63) is 120 Å². The first kappa shape index (κ1) is 35.0. The third-order valence-corrected chi connectivity index (χ3v) is 8.79. The number of rotatable bonds is 16. The molecule has 0 aliphatic rings. The second-order valence-corrected chi connectivity index (χ2v) is 13.1. The molecule has 47 heavy (non-hydrogen) atoms. The lowest BCUT2D eigenvalue weighted by Crippen LogP contribution is -2.52. The highest BCUT2D eigenvalue weighted by Crippen LogP contribution is 2.21. The van der Waals surface area contributed by atoms with E-state index in [0.717, 1.165) is 29.7 Å². The predicted molar refractivity (Wildman–Crippen MR) is 179 cm³/mol. The van der Waals surface area contributed by atoms with Gasteiger partial charge in [-0.3, -0.25) is 14.3 Å². The number of hydrogen-bond acceptors (Lipinski definition) is 6. The maximum absolute atomic E-state index is 13.9. The standard InChI is InChI=1S/C36H40FN3O6S/c1-26(2)21-22-38-36(42)34(23-27-7-5-4-6-8-27)40(24-28-9-15-31(45-3)16-10-28)35(41)25-46-32-17-19-33(20-18-32)47(43,44)39-30-13-11-29(37)12-14-30/h4-20,26,34,39H,21-25H2,1-3H3,(H,38,42)/t34-/m1/s1. The van der Waals surface area contributed by atoms with E-state index in [2.05, 4.69) is 23.9 Å². The number of carbonyl (C=O) groups is 2. The average Bonchev–Trinajstić information content (AvgIpc) is 3.07. The van der Waals surface area contributed by atoms with Gasteiger partial charge in [-0.25, -0.2) is 12.8 Å². The van der Waals surface area contributed by atoms with Crippen molar-refractivity contribution in [1.29, 1.82) is 0 Å². The molecule has 4 aromatic rings. The highest BCUT2D eigenvalue weighted by atomic mass is 32.2. The number of nitrogens with one attached hydrogen (secondary N) is 2. The number of anilines is 1. The SMILES string of the molecule is COc1ccc(CN(C(=O)COc2ccc(S(=O)(=O)Nc3ccc(F)cc3)cc2)[C@H](Cc2ccccc2)C(=O)NCCC(C)C)cc1. The van der Waals surface area contributed by atoms with Crippen LogP contribution in [-0.2, 0) is 32.6 Å². The minimum absolute atomic E-state index is 0.0392. The summed E-state index contributed by atoms with van der Waals surface area (Å²) in [6.07, 6.45) is 1.09. The Balaban J connectivity index is 1.53. The molecular formula is C36H40FN3O6S. The molecule has 4 rings (SSSR count). The molecule has 0 aromatic heterocycles. The normalized spacial score (nSPS) is 11.9. The Labute approximate surface area is 275 Å². The number of hydrogen-bond donors (Lipinski definition) is 2. The van der Waals surface area contributed by atoms with Crippen molar-refractivity contribution in [2.24, 2.45) is 5.92 Å². The molecule has 0 unspecified atom stereocenters. The molecule has 0 aliphatic carbocycles. The summed E-state index contributed by atoms with van der Waals surface area (Å²) in [5, 5.41) is 3.01. The van der Waals surface area contributed by atoms with Crippen LogP contribution in [-0.4, -0.2) is 51.4 Å². The number of methoxy groups -OCH3 is 1. The Morgan fingerprint density at radius 2 is 1.47 bits per heavy atom. The van der Waals surface area contributed by atoms with E-state index < -0.39 is 27.8 Å². The third kappa shape index (κ3) is 10.6. The zero-order valence-electron chi connectivity index (χ0n) is 26.7. The number of benzene rings is 4. The highest BCUT2D eigenvalue weighted by molar-refractivity contribution is 7.92. The molecule has 0 saturated heterocycles. The van der Waals surface area contributed by atoms with Gasteiger partial charge >= 0.3 is 0 Å². The Morgan fingerprint density at radius 3 is 2.09 bits per heavy atom. The maximum atomic E-state index is 13.9. The van der Waals surface area contributed by atoms with Crippen LogP contribution in [0.25, 0.3) is 0 Å². The predicted octanol–water partition coefficient (Wildman–Crippen LogP) is 5.82. The van der Waals surface area contributed by atoms with Crippen LogP contribution in [0.1, 0.15) is 31.4 Å². The van der Waals surface area contributed by atoms with Crippen molar-refractivity contribution in [3.8, 4) is 11.5 Å². The fraction of sp³-hybridized carbons (Fsp3) is 0.278. The first-order valence-corrected chi connectivity index (χ1v) is 16.8. The van der Waals surface area contributed by atoms with Crippen LogP contribution < -0.4 is 19.5 Å². The molecular weight excluding hydrogens is 621 g/mol. The fourth-order valence-electron chi connectivity index (χ4n) is 4.76. The Morgan fingerprint density at radius 1 is 0.830 bits per heavy atom. The van der Waals surface area contributed by atoms with E-state index >= 15 is 0 Å². The second kappa shape index (κ2) is 16.6. The first-order chi connectivity index (χ1) is 22.5. The molecule has 2 N–H and O–H groups in total. The summed E-state index contributed by atoms with van der Waals surface area (Å²) in [6, 6.07) is 26.5. The zero-order valence-corrected chi connectivity index (χ0v) is 27.5. The van der Waals surface area contributed by atoms with Crippen molar-refractivity contribution in [1.82, 2.24) is 10.2 Å². The monoisotopic (exact) mass is 661 g/mol. The molecule has 0 saturated carbocycles. The molecule has 0 aliphatic heterocycles. The number of amides is 2. The Hall–Kier alpha value is -4.90. The van der Waals surface area contributed by atoms with E-state index in [4.69, 9.17) is 9.47 Å². The number of ether oxygens (including phenoxy) is 2. The Kier molecular flexibility index (Phi) is 12.3. The molecule has 0 fully saturated rings. The summed E-state index contributed by atoms with van der Waals surface area (Å²) >= 11 is 0. The molecule has 0 spiro atoms. The minimum Gasteiger partial charge on any atom is -0.497 e. The topological polar surface area (TPSA) is 114 Å². The lowest BCUT2D eigenvalue weighted by molar-refractivity contribution is -0.142. The lowest BCUT2D eigenvalue weighted by atomic mass is 10.0. The summed E-state index contributed by atoms with van der Waals surface area (Å²) in [5.41, 5.74) is 1.92. The molecule has 1 atom stereocenters. The number of halogens is 1. The van der Waals surface area contributed by atoms with Gasteiger partial charge in [-0.15, -0.1) is 0 Å². The van der Waals surface area contributed by atoms with Gasteiger partial charge in [-0.2, -0.15) is 0 Å². The summed E-state index contributed by atoms with van der Waals surface area (Å²) < 4.78 is 52.3. The molecule has 248 valence electrons. The molecule has 0 heterocycles. The zero-order chi connectivity index (χ0) is 33.8. The van der Waals surface area contributed by atoms with E-state index in [1.807, 2.05) is 42.5 Å². The van der Waals surface area contributed by atoms with Gasteiger partial charge in [0, 0.05) is 25.2 Å². The van der Waals surface area contributed by atoms with Crippen molar-refractivity contribution in [2.75, 3.05) is 25.0 Å². The second-order valence-electron chi connectivity index (χ2n) is 11.4. The van der Waals surface area contributed by atoms with Gasteiger partial charge in [0.15, 0.2) is 6.61 Å². The number of sulfonamides is 1. The van der Waals surface area contributed by atoms with Crippen LogP contribution in [0.3, 0.4) is 0 Å². The van der Waals surface area contributed by atoms with Gasteiger partial charge < -0.3 is 19.7 Å². The highest BCUT2D eigenvalue weighted by Gasteiger charge is 2.30. The van der Waals surface area contributed by atoms with Gasteiger partial charge in [0.05, 0.1) is 12.0 Å². The summed E-state index contributed by atoms with van der Waals surface area (Å²) in [7, 11) is -2.37. The molecule has 0 bridgehead atoms. The van der Waals surface area contributed by atoms with E-state index in [-0.39, 0.29) is 35.4 Å². The smallest absolute Gasteiger partial charge is 0.261 e. The van der Waals surface area contributed by atoms with E-state index in [9.17, 15) is 22.4 Å². The van der Waals surface area contributed by atoms with Gasteiger partial charge in [-0.1, -0.05) is 56.3 Å². The van der Waals surface area contributed by atoms with Gasteiger partial charge in [0.1, 0.15) is 23.4 Å². The summed E-state index contributed by atoms with van der Waals surface area (Å²) in [5.74, 6) is 0.165. The van der Waals surface area contributed by atoms with Crippen LogP contribution in [0.4, 0.5) is 10.1 Å². The summed E-state index contributed by atoms with van der Waals surface area (Å²) in [4.78, 5) is 29.0. The minimum atomic E-state index is -3.95. The van der Waals surface area contributed by atoms with Crippen LogP contribution in [0.2, 0.25) is 0 Å². The van der Waals surface area contributed by atoms with Gasteiger partial charge in [0.25, 0.3) is 15.9 Å². The molecule has 0 radical (unpaired) electrons. The Bertz CT molecular complexity index is 1700. The van der Waals surface area contributed by atoms with E-state index in [1.165, 1.54) is 41.3 Å². The molecule has 9 nitrogen and oxygen atoms in total. The van der Waals surface area contributed by atoms with Crippen molar-refractivity contribution < 1.29 is 31.9 Å². The fourth-order valence-corrected chi connectivity index (χ4v) is 5.82. The van der Waals surface area contributed by atoms with Crippen molar-refractivity contribution in [2.45, 2.75) is 44.2 Å². The molecule has 2 amide bonds. The van der Waals surface area contributed by atoms with Gasteiger partial charge in [-0.05, 0) is 84.1 Å². The van der Waals surface area contributed by atoms with Crippen LogP contribution >= 0.6 is 0 Å². The third-order valence-electron chi connectivity index (χ3n) is 7.40. The first-order valence-electron chi connectivity index (χ1n) is 15.3. The van der Waals surface area contributed by atoms with Crippen molar-refractivity contribution in [3.63, 3.8) is 0 Å². The molecule has 4 aromatic carbocycles. The number of carbonyl (C=O) groups excluding carboxylic acids is 2. The maximum Gasteiger partial charge on any atom is 0.261 e.